The lowest BCUT2D eigenvalue weighted by Crippen LogP contribution is -2.58. The van der Waals surface area contributed by atoms with Gasteiger partial charge in [0.25, 0.3) is 6.09 Å². The van der Waals surface area contributed by atoms with Crippen molar-refractivity contribution in [1.29, 1.82) is 0 Å². The van der Waals surface area contributed by atoms with Gasteiger partial charge in [0.15, 0.2) is 5.69 Å². The molecule has 1 aliphatic rings. The first kappa shape index (κ1) is 9.67. The Morgan fingerprint density at radius 2 is 2.07 bits per heavy atom. The Hall–Kier alpha value is -1.88. The number of rotatable bonds is 1. The van der Waals surface area contributed by atoms with Gasteiger partial charge >= 0.3 is 0 Å². The van der Waals surface area contributed by atoms with Crippen molar-refractivity contribution in [3.63, 3.8) is 0 Å². The summed E-state index contributed by atoms with van der Waals surface area (Å²) >= 11 is 0. The second kappa shape index (κ2) is 3.36. The van der Waals surface area contributed by atoms with E-state index in [4.69, 9.17) is 5.73 Å². The van der Waals surface area contributed by atoms with E-state index >= 15 is 0 Å². The molecule has 1 aromatic heterocycles. The van der Waals surface area contributed by atoms with Crippen LogP contribution in [0.15, 0.2) is 30.5 Å². The van der Waals surface area contributed by atoms with E-state index in [0.717, 1.165) is 0 Å². The fourth-order valence-electron chi connectivity index (χ4n) is 1.70. The molecule has 1 aromatic rings. The number of hydrogen-bond donors (Lipinski definition) is 1. The molecule has 0 spiro atoms. The van der Waals surface area contributed by atoms with Gasteiger partial charge in [0.2, 0.25) is 0 Å². The van der Waals surface area contributed by atoms with Crippen LogP contribution in [0.3, 0.4) is 0 Å². The number of nitrogens with two attached hydrogens (primary N) is 1. The van der Waals surface area contributed by atoms with Crippen LogP contribution in [0.25, 0.3) is 0 Å². The van der Waals surface area contributed by atoms with Crippen LogP contribution in [-0.4, -0.2) is 24.2 Å². The smallest absolute Gasteiger partial charge is 0.263 e. The molecule has 0 bridgehead atoms. The summed E-state index contributed by atoms with van der Waals surface area (Å²) in [5.74, 6) is 0.377. The van der Waals surface area contributed by atoms with Crippen molar-refractivity contribution in [2.24, 2.45) is 0 Å². The van der Waals surface area contributed by atoms with E-state index in [9.17, 15) is 9.90 Å². The average molecular weight is 205 g/mol. The molecule has 0 fully saturated rings. The van der Waals surface area contributed by atoms with Crippen molar-refractivity contribution in [2.75, 3.05) is 18.8 Å². The van der Waals surface area contributed by atoms with Crippen LogP contribution in [0.4, 0.5) is 16.3 Å². The number of hydrogen-bond acceptors (Lipinski definition) is 4. The summed E-state index contributed by atoms with van der Waals surface area (Å²) in [5.41, 5.74) is 6.04. The fourth-order valence-corrected chi connectivity index (χ4v) is 1.70. The highest BCUT2D eigenvalue weighted by molar-refractivity contribution is 5.80. The van der Waals surface area contributed by atoms with Gasteiger partial charge < -0.3 is 15.6 Å². The molecule has 15 heavy (non-hydrogen) atoms. The molecule has 0 unspecified atom stereocenters. The molecule has 1 amide bonds. The van der Waals surface area contributed by atoms with Crippen molar-refractivity contribution in [3.05, 3.63) is 30.5 Å². The zero-order valence-electron chi connectivity index (χ0n) is 8.09. The summed E-state index contributed by atoms with van der Waals surface area (Å²) in [7, 11) is 0. The Morgan fingerprint density at radius 1 is 1.40 bits per heavy atom. The quantitative estimate of drug-likeness (QED) is 0.512. The molecule has 2 N–H and O–H groups in total. The van der Waals surface area contributed by atoms with Crippen LogP contribution < -0.4 is 15.3 Å². The molecule has 78 valence electrons. The molecule has 0 atom stereocenters. The van der Waals surface area contributed by atoms with Gasteiger partial charge in [-0.1, -0.05) is 0 Å². The molecule has 2 rings (SSSR count). The van der Waals surface area contributed by atoms with Crippen LogP contribution >= 0.6 is 0 Å². The molecular formula is C10H11N3O2. The van der Waals surface area contributed by atoms with Gasteiger partial charge in [-0.25, -0.2) is 9.47 Å². The topological polar surface area (TPSA) is 79.0 Å². The highest BCUT2D eigenvalue weighted by Crippen LogP contribution is 2.25. The Balaban J connectivity index is 2.42. The highest BCUT2D eigenvalue weighted by Gasteiger charge is 2.34. The van der Waals surface area contributed by atoms with Gasteiger partial charge in [-0.2, -0.15) is 0 Å². The van der Waals surface area contributed by atoms with Crippen molar-refractivity contribution in [2.45, 2.75) is 0 Å². The molecule has 0 aromatic carbocycles. The van der Waals surface area contributed by atoms with E-state index in [1.54, 1.807) is 12.1 Å². The Labute approximate surface area is 87.0 Å². The second-order valence-corrected chi connectivity index (χ2v) is 3.51. The number of carbonyl (C=O) groups excluding carboxylic acids is 1. The number of aromatic nitrogens is 1. The van der Waals surface area contributed by atoms with Gasteiger partial charge in [-0.05, 0) is 18.2 Å². The maximum atomic E-state index is 11.2. The van der Waals surface area contributed by atoms with Gasteiger partial charge in [0.05, 0.1) is 6.20 Å². The maximum Gasteiger partial charge on any atom is 0.263 e. The lowest BCUT2D eigenvalue weighted by molar-refractivity contribution is -0.262. The predicted octanol–water partition coefficient (Wildman–Crippen LogP) is -0.116. The Bertz CT molecular complexity index is 403. The molecule has 5 heteroatoms. The SMILES string of the molecule is Nc1ccc([N+]2(C(=O)[O-])CC=CC2)cn1. The summed E-state index contributed by atoms with van der Waals surface area (Å²) in [4.78, 5) is 15.1. The minimum absolute atomic E-state index is 0.229. The minimum atomic E-state index is -1.12. The molecule has 2 heterocycles. The lowest BCUT2D eigenvalue weighted by Gasteiger charge is -2.32. The molecule has 0 saturated carbocycles. The molecule has 5 nitrogen and oxygen atoms in total. The van der Waals surface area contributed by atoms with Crippen molar-refractivity contribution in [1.82, 2.24) is 9.47 Å². The van der Waals surface area contributed by atoms with Crippen LogP contribution in [0.1, 0.15) is 0 Å². The van der Waals surface area contributed by atoms with E-state index in [0.29, 0.717) is 24.6 Å². The predicted molar refractivity (Wildman–Crippen MR) is 54.7 cm³/mol. The third-order valence-electron chi connectivity index (χ3n) is 2.62. The number of pyridine rings is 1. The zero-order chi connectivity index (χ0) is 10.9. The van der Waals surface area contributed by atoms with E-state index in [1.165, 1.54) is 6.20 Å². The first-order valence-electron chi connectivity index (χ1n) is 4.61. The minimum Gasteiger partial charge on any atom is -0.498 e. The fraction of sp³-hybridized carbons (Fsp3) is 0.200. The molecule has 0 aliphatic carbocycles. The summed E-state index contributed by atoms with van der Waals surface area (Å²) in [6.45, 7) is 0.794. The first-order chi connectivity index (χ1) is 7.15. The van der Waals surface area contributed by atoms with E-state index in [-0.39, 0.29) is 4.48 Å². The van der Waals surface area contributed by atoms with Gasteiger partial charge in [0.1, 0.15) is 18.9 Å². The van der Waals surface area contributed by atoms with Crippen LogP contribution in [0.2, 0.25) is 0 Å². The highest BCUT2D eigenvalue weighted by atomic mass is 16.4. The molecular weight excluding hydrogens is 194 g/mol. The summed E-state index contributed by atoms with van der Waals surface area (Å²) in [6.07, 6.45) is 4.02. The standard InChI is InChI=1S/C10H11N3O2/c11-9-4-3-8(7-12-9)13(10(14)15)5-1-2-6-13/h1-4,7H,5-6H2,(H2-,11,12,14,15). The number of anilines is 1. The van der Waals surface area contributed by atoms with Crippen molar-refractivity contribution < 1.29 is 9.90 Å². The van der Waals surface area contributed by atoms with Crippen molar-refractivity contribution in [3.8, 4) is 0 Å². The van der Waals surface area contributed by atoms with Crippen molar-refractivity contribution >= 4 is 17.6 Å². The van der Waals surface area contributed by atoms with Crippen LogP contribution in [0.5, 0.6) is 0 Å². The number of amides is 1. The summed E-state index contributed by atoms with van der Waals surface area (Å²) in [6, 6.07) is 3.27. The van der Waals surface area contributed by atoms with Gasteiger partial charge in [-0.3, -0.25) is 0 Å². The number of nitrogens with zero attached hydrogens (tertiary/aromatic N) is 2. The van der Waals surface area contributed by atoms with Gasteiger partial charge in [-0.15, -0.1) is 0 Å². The van der Waals surface area contributed by atoms with E-state index in [2.05, 4.69) is 4.98 Å². The first-order valence-corrected chi connectivity index (χ1v) is 4.61. The zero-order valence-corrected chi connectivity index (χ0v) is 8.09. The number of quaternary nitrogens is 1. The average Bonchev–Trinajstić information content (AvgIpc) is 2.69. The second-order valence-electron chi connectivity index (χ2n) is 3.51. The molecule has 1 aliphatic heterocycles. The van der Waals surface area contributed by atoms with E-state index in [1.807, 2.05) is 12.2 Å². The maximum absolute atomic E-state index is 11.2. The largest absolute Gasteiger partial charge is 0.498 e. The number of carbonyl (C=O) groups is 1. The third-order valence-corrected chi connectivity index (χ3v) is 2.62. The summed E-state index contributed by atoms with van der Waals surface area (Å²) < 4.78 is -0.229. The van der Waals surface area contributed by atoms with Crippen LogP contribution in [-0.2, 0) is 0 Å². The number of carboxylic acid groups (broad SMARTS) is 1. The normalized spacial score (nSPS) is 17.9. The van der Waals surface area contributed by atoms with Gasteiger partial charge in [0, 0.05) is 6.07 Å². The Morgan fingerprint density at radius 3 is 2.53 bits per heavy atom. The monoisotopic (exact) mass is 205 g/mol. The third kappa shape index (κ3) is 1.46. The van der Waals surface area contributed by atoms with Crippen LogP contribution in [0, 0.1) is 0 Å². The lowest BCUT2D eigenvalue weighted by atomic mass is 10.3. The molecule has 0 saturated heterocycles. The molecule has 0 radical (unpaired) electrons. The summed E-state index contributed by atoms with van der Waals surface area (Å²) in [5, 5.41) is 11.2. The Kier molecular flexibility index (Phi) is 2.17. The van der Waals surface area contributed by atoms with E-state index < -0.39 is 6.09 Å². The number of nitrogen functional groups attached to an aromatic ring is 1.